The third-order valence-corrected chi connectivity index (χ3v) is 5.00. The van der Waals surface area contributed by atoms with Crippen molar-refractivity contribution in [3.05, 3.63) is 29.7 Å². The number of hydrogen-bond donors (Lipinski definition) is 1. The standard InChI is InChI=1S/C18H21N5O/c19-10-14(18(24)22-8-2-1-3-9-22)17(13-4-5-13)23-12-21-15-11-20-7-6-16(15)23/h6-7,11,13,21H,1-5,8-9,12H2. The number of hydrogen-bond acceptors (Lipinski definition) is 5. The highest BCUT2D eigenvalue weighted by Gasteiger charge is 2.38. The molecule has 124 valence electrons. The van der Waals surface area contributed by atoms with Crippen molar-refractivity contribution in [3.63, 3.8) is 0 Å². The smallest absolute Gasteiger partial charge is 0.266 e. The fourth-order valence-electron chi connectivity index (χ4n) is 3.61. The van der Waals surface area contributed by atoms with E-state index in [0.717, 1.165) is 55.8 Å². The van der Waals surface area contributed by atoms with Crippen LogP contribution in [0.2, 0.25) is 0 Å². The summed E-state index contributed by atoms with van der Waals surface area (Å²) in [6, 6.07) is 4.17. The lowest BCUT2D eigenvalue weighted by atomic mass is 10.1. The van der Waals surface area contributed by atoms with E-state index < -0.39 is 0 Å². The van der Waals surface area contributed by atoms with E-state index >= 15 is 0 Å². The van der Waals surface area contributed by atoms with E-state index in [1.807, 2.05) is 11.0 Å². The van der Waals surface area contributed by atoms with Gasteiger partial charge in [0.05, 0.1) is 24.2 Å². The predicted octanol–water partition coefficient (Wildman–Crippen LogP) is 2.47. The van der Waals surface area contributed by atoms with Gasteiger partial charge in [-0.1, -0.05) is 0 Å². The van der Waals surface area contributed by atoms with E-state index in [2.05, 4.69) is 21.3 Å². The van der Waals surface area contributed by atoms with Crippen LogP contribution in [0.5, 0.6) is 0 Å². The van der Waals surface area contributed by atoms with Crippen LogP contribution >= 0.6 is 0 Å². The third kappa shape index (κ3) is 2.60. The Balaban J connectivity index is 1.72. The molecule has 6 nitrogen and oxygen atoms in total. The summed E-state index contributed by atoms with van der Waals surface area (Å²) in [7, 11) is 0. The third-order valence-electron chi connectivity index (χ3n) is 5.00. The zero-order valence-electron chi connectivity index (χ0n) is 13.7. The van der Waals surface area contributed by atoms with Gasteiger partial charge >= 0.3 is 0 Å². The molecule has 3 heterocycles. The molecule has 2 fully saturated rings. The van der Waals surface area contributed by atoms with Crippen LogP contribution in [0.15, 0.2) is 29.7 Å². The molecule has 1 N–H and O–H groups in total. The number of nitrogens with one attached hydrogen (secondary N) is 1. The summed E-state index contributed by atoms with van der Waals surface area (Å²) >= 11 is 0. The second-order valence-electron chi connectivity index (χ2n) is 6.65. The topological polar surface area (TPSA) is 72.3 Å². The average molecular weight is 323 g/mol. The van der Waals surface area contributed by atoms with Crippen molar-refractivity contribution in [1.29, 1.82) is 5.26 Å². The molecular weight excluding hydrogens is 302 g/mol. The lowest BCUT2D eigenvalue weighted by Gasteiger charge is -2.29. The zero-order valence-corrected chi connectivity index (χ0v) is 13.7. The first-order valence-corrected chi connectivity index (χ1v) is 8.68. The number of nitriles is 1. The number of anilines is 2. The minimum atomic E-state index is -0.0957. The van der Waals surface area contributed by atoms with Gasteiger partial charge in [0.25, 0.3) is 5.91 Å². The molecule has 1 saturated heterocycles. The van der Waals surface area contributed by atoms with Gasteiger partial charge in [0.2, 0.25) is 0 Å². The van der Waals surface area contributed by atoms with Gasteiger partial charge in [0, 0.05) is 30.9 Å². The van der Waals surface area contributed by atoms with E-state index in [9.17, 15) is 10.1 Å². The number of likely N-dealkylation sites (tertiary alicyclic amines) is 1. The van der Waals surface area contributed by atoms with Gasteiger partial charge in [-0.25, -0.2) is 0 Å². The van der Waals surface area contributed by atoms with Crippen molar-refractivity contribution in [2.75, 3.05) is 30.0 Å². The number of carbonyl (C=O) groups is 1. The Bertz CT molecular complexity index is 725. The van der Waals surface area contributed by atoms with Gasteiger partial charge in [-0.2, -0.15) is 5.26 Å². The highest BCUT2D eigenvalue weighted by Crippen LogP contribution is 2.44. The number of amides is 1. The van der Waals surface area contributed by atoms with Crippen molar-refractivity contribution in [2.24, 2.45) is 5.92 Å². The van der Waals surface area contributed by atoms with Crippen molar-refractivity contribution < 1.29 is 4.79 Å². The highest BCUT2D eigenvalue weighted by molar-refractivity contribution is 5.99. The van der Waals surface area contributed by atoms with Gasteiger partial charge in [-0.3, -0.25) is 9.78 Å². The normalized spacial score (nSPS) is 20.8. The molecule has 4 rings (SSSR count). The lowest BCUT2D eigenvalue weighted by Crippen LogP contribution is -2.38. The molecule has 0 spiro atoms. The summed E-state index contributed by atoms with van der Waals surface area (Å²) in [5, 5.41) is 13.1. The van der Waals surface area contributed by atoms with E-state index in [1.165, 1.54) is 6.42 Å². The second-order valence-corrected chi connectivity index (χ2v) is 6.65. The van der Waals surface area contributed by atoms with Gasteiger partial charge < -0.3 is 15.1 Å². The van der Waals surface area contributed by atoms with Crippen LogP contribution in [0.25, 0.3) is 0 Å². The van der Waals surface area contributed by atoms with Crippen LogP contribution in [0, 0.1) is 17.2 Å². The summed E-state index contributed by atoms with van der Waals surface area (Å²) in [5.41, 5.74) is 3.18. The molecule has 1 saturated carbocycles. The van der Waals surface area contributed by atoms with E-state index in [-0.39, 0.29) is 5.91 Å². The minimum absolute atomic E-state index is 0.0957. The van der Waals surface area contributed by atoms with Crippen molar-refractivity contribution in [2.45, 2.75) is 32.1 Å². The van der Waals surface area contributed by atoms with Gasteiger partial charge in [0.15, 0.2) is 0 Å². The Hall–Kier alpha value is -2.55. The number of aromatic nitrogens is 1. The van der Waals surface area contributed by atoms with Gasteiger partial charge in [0.1, 0.15) is 11.6 Å². The molecule has 24 heavy (non-hydrogen) atoms. The fraction of sp³-hybridized carbons (Fsp3) is 0.500. The van der Waals surface area contributed by atoms with Crippen LogP contribution in [-0.2, 0) is 4.79 Å². The molecule has 0 radical (unpaired) electrons. The number of pyridine rings is 1. The van der Waals surface area contributed by atoms with Crippen molar-refractivity contribution in [1.82, 2.24) is 9.88 Å². The van der Waals surface area contributed by atoms with Crippen LogP contribution < -0.4 is 10.2 Å². The first-order valence-electron chi connectivity index (χ1n) is 8.68. The summed E-state index contributed by atoms with van der Waals surface area (Å²) < 4.78 is 0. The largest absolute Gasteiger partial charge is 0.364 e. The van der Waals surface area contributed by atoms with Crippen LogP contribution in [0.3, 0.4) is 0 Å². The Morgan fingerprint density at radius 1 is 1.29 bits per heavy atom. The number of piperidine rings is 1. The zero-order chi connectivity index (χ0) is 16.5. The summed E-state index contributed by atoms with van der Waals surface area (Å²) in [6.07, 6.45) is 8.86. The van der Waals surface area contributed by atoms with Crippen LogP contribution in [0.4, 0.5) is 11.4 Å². The number of allylic oxidation sites excluding steroid dienone is 1. The highest BCUT2D eigenvalue weighted by atomic mass is 16.2. The maximum Gasteiger partial charge on any atom is 0.266 e. The number of nitrogens with zero attached hydrogens (tertiary/aromatic N) is 4. The molecule has 0 unspecified atom stereocenters. The second kappa shape index (κ2) is 6.16. The number of carbonyl (C=O) groups excluding carboxylic acids is 1. The van der Waals surface area contributed by atoms with Crippen molar-refractivity contribution in [3.8, 4) is 6.07 Å². The van der Waals surface area contributed by atoms with Gasteiger partial charge in [-0.05, 0) is 38.2 Å². The van der Waals surface area contributed by atoms with E-state index in [4.69, 9.17) is 0 Å². The van der Waals surface area contributed by atoms with Crippen LogP contribution in [-0.4, -0.2) is 35.5 Å². The summed E-state index contributed by atoms with van der Waals surface area (Å²) in [6.45, 7) is 2.12. The maximum atomic E-state index is 13.0. The fourth-order valence-corrected chi connectivity index (χ4v) is 3.61. The molecule has 0 atom stereocenters. The molecule has 0 bridgehead atoms. The molecule has 1 aromatic heterocycles. The summed E-state index contributed by atoms with van der Waals surface area (Å²) in [4.78, 5) is 21.0. The molecule has 0 aromatic carbocycles. The molecule has 1 aromatic rings. The van der Waals surface area contributed by atoms with Crippen molar-refractivity contribution >= 4 is 17.3 Å². The average Bonchev–Trinajstić information content (AvgIpc) is 3.39. The molecule has 6 heteroatoms. The van der Waals surface area contributed by atoms with E-state index in [0.29, 0.717) is 18.2 Å². The van der Waals surface area contributed by atoms with E-state index in [1.54, 1.807) is 12.4 Å². The summed E-state index contributed by atoms with van der Waals surface area (Å²) in [5.74, 6) is 0.218. The Labute approximate surface area is 141 Å². The molecule has 1 amide bonds. The molecule has 2 aliphatic heterocycles. The SMILES string of the molecule is N#CC(C(=O)N1CCCCC1)=C(C1CC1)N1CNc2cnccc21. The Kier molecular flexibility index (Phi) is 3.85. The number of rotatable bonds is 3. The maximum absolute atomic E-state index is 13.0. The Morgan fingerprint density at radius 2 is 2.08 bits per heavy atom. The first kappa shape index (κ1) is 15.0. The number of fused-ring (bicyclic) bond motifs is 1. The molecule has 1 aliphatic carbocycles. The minimum Gasteiger partial charge on any atom is -0.364 e. The predicted molar refractivity (Wildman–Crippen MR) is 91.0 cm³/mol. The van der Waals surface area contributed by atoms with Crippen LogP contribution in [0.1, 0.15) is 32.1 Å². The molecule has 3 aliphatic rings. The van der Waals surface area contributed by atoms with Gasteiger partial charge in [-0.15, -0.1) is 0 Å². The first-order chi connectivity index (χ1) is 11.8. The molecular formula is C18H21N5O. The lowest BCUT2D eigenvalue weighted by molar-refractivity contribution is -0.127. The monoisotopic (exact) mass is 323 g/mol. The quantitative estimate of drug-likeness (QED) is 0.683. The Morgan fingerprint density at radius 3 is 2.79 bits per heavy atom.